The van der Waals surface area contributed by atoms with Crippen LogP contribution in [0.4, 0.5) is 0 Å². The highest BCUT2D eigenvalue weighted by molar-refractivity contribution is 4.95. The predicted molar refractivity (Wildman–Crippen MR) is 62.6 cm³/mol. The van der Waals surface area contributed by atoms with E-state index in [4.69, 9.17) is 5.73 Å². The van der Waals surface area contributed by atoms with E-state index in [0.29, 0.717) is 0 Å². The van der Waals surface area contributed by atoms with Crippen LogP contribution in [0.15, 0.2) is 0 Å². The number of nitrogens with two attached hydrogens (primary N) is 1. The van der Waals surface area contributed by atoms with Gasteiger partial charge < -0.3 is 10.6 Å². The summed E-state index contributed by atoms with van der Waals surface area (Å²) in [7, 11) is 0. The van der Waals surface area contributed by atoms with Crippen LogP contribution in [0.3, 0.4) is 0 Å². The summed E-state index contributed by atoms with van der Waals surface area (Å²) >= 11 is 0. The molecule has 0 aromatic heterocycles. The monoisotopic (exact) mass is 208 g/mol. The molecule has 4 rings (SSSR count). The molecule has 4 bridgehead atoms. The lowest BCUT2D eigenvalue weighted by atomic mass is 9.68. The summed E-state index contributed by atoms with van der Waals surface area (Å²) in [5.74, 6) is 3.18. The molecule has 0 radical (unpaired) electrons. The van der Waals surface area contributed by atoms with Gasteiger partial charge in [-0.1, -0.05) is 0 Å². The van der Waals surface area contributed by atoms with Crippen molar-refractivity contribution in [3.05, 3.63) is 0 Å². The number of hydrogen-bond acceptors (Lipinski definition) is 2. The normalized spacial score (nSPS) is 44.6. The quantitative estimate of drug-likeness (QED) is 0.767. The smallest absolute Gasteiger partial charge is 0.0101 e. The van der Waals surface area contributed by atoms with E-state index in [0.717, 1.165) is 30.3 Å². The zero-order chi connectivity index (χ0) is 10.3. The number of hydrogen-bond donors (Lipinski definition) is 1. The number of fused-ring (bicyclic) bond motifs is 1. The highest BCUT2D eigenvalue weighted by atomic mass is 15.2. The SMILES string of the molecule is NCCCN1CC2CC3CC(C2)CC1C3. The van der Waals surface area contributed by atoms with Gasteiger partial charge in [0.05, 0.1) is 0 Å². The summed E-state index contributed by atoms with van der Waals surface area (Å²) in [6.07, 6.45) is 8.81. The van der Waals surface area contributed by atoms with Crippen LogP contribution >= 0.6 is 0 Å². The average molecular weight is 208 g/mol. The van der Waals surface area contributed by atoms with E-state index in [1.807, 2.05) is 0 Å². The second kappa shape index (κ2) is 4.06. The molecular formula is C13H24N2. The minimum Gasteiger partial charge on any atom is -0.330 e. The minimum atomic E-state index is 0.862. The number of nitrogens with zero attached hydrogens (tertiary/aromatic N) is 1. The van der Waals surface area contributed by atoms with Gasteiger partial charge in [-0.25, -0.2) is 0 Å². The standard InChI is InChI=1S/C13H24N2/c14-2-1-3-15-9-12-5-10-4-11(6-12)8-13(15)7-10/h10-13H,1-9,14H2. The molecule has 2 saturated heterocycles. The Labute approximate surface area is 93.2 Å². The van der Waals surface area contributed by atoms with Gasteiger partial charge in [-0.2, -0.15) is 0 Å². The van der Waals surface area contributed by atoms with Crippen molar-refractivity contribution >= 4 is 0 Å². The van der Waals surface area contributed by atoms with Gasteiger partial charge in [0.15, 0.2) is 0 Å². The molecule has 4 aliphatic rings. The Hall–Kier alpha value is -0.0800. The topological polar surface area (TPSA) is 29.3 Å². The first-order valence-electron chi connectivity index (χ1n) is 6.79. The van der Waals surface area contributed by atoms with E-state index < -0.39 is 0 Å². The van der Waals surface area contributed by atoms with Gasteiger partial charge >= 0.3 is 0 Å². The molecule has 2 unspecified atom stereocenters. The van der Waals surface area contributed by atoms with Crippen molar-refractivity contribution in [1.82, 2.24) is 4.90 Å². The average Bonchev–Trinajstić information content (AvgIpc) is 2.40. The molecule has 2 heteroatoms. The first-order chi connectivity index (χ1) is 7.35. The third-order valence-electron chi connectivity index (χ3n) is 4.87. The molecule has 2 saturated carbocycles. The van der Waals surface area contributed by atoms with Crippen molar-refractivity contribution < 1.29 is 0 Å². The Kier molecular flexibility index (Phi) is 2.73. The van der Waals surface area contributed by atoms with Crippen molar-refractivity contribution in [1.29, 1.82) is 0 Å². The molecule has 86 valence electrons. The Morgan fingerprint density at radius 3 is 2.27 bits per heavy atom. The molecular weight excluding hydrogens is 184 g/mol. The van der Waals surface area contributed by atoms with E-state index in [-0.39, 0.29) is 0 Å². The minimum absolute atomic E-state index is 0.862. The maximum absolute atomic E-state index is 5.63. The van der Waals surface area contributed by atoms with Crippen molar-refractivity contribution in [2.45, 2.75) is 44.6 Å². The Morgan fingerprint density at radius 1 is 0.933 bits per heavy atom. The molecule has 0 amide bonds. The van der Waals surface area contributed by atoms with E-state index in [9.17, 15) is 0 Å². The van der Waals surface area contributed by atoms with Crippen LogP contribution in [0.1, 0.15) is 38.5 Å². The molecule has 0 spiro atoms. The molecule has 2 nitrogen and oxygen atoms in total. The first kappa shape index (κ1) is 10.1. The van der Waals surface area contributed by atoms with Gasteiger partial charge in [0, 0.05) is 12.6 Å². The van der Waals surface area contributed by atoms with E-state index in [1.54, 1.807) is 6.42 Å². The van der Waals surface area contributed by atoms with Crippen LogP contribution in [0.2, 0.25) is 0 Å². The van der Waals surface area contributed by atoms with E-state index in [2.05, 4.69) is 4.90 Å². The third kappa shape index (κ3) is 1.94. The zero-order valence-electron chi connectivity index (χ0n) is 9.70. The molecule has 2 atom stereocenters. The fraction of sp³-hybridized carbons (Fsp3) is 1.00. The highest BCUT2D eigenvalue weighted by Crippen LogP contribution is 2.47. The second-order valence-corrected chi connectivity index (χ2v) is 6.07. The summed E-state index contributed by atoms with van der Waals surface area (Å²) in [4.78, 5) is 2.77. The molecule has 4 fully saturated rings. The van der Waals surface area contributed by atoms with Crippen molar-refractivity contribution in [2.24, 2.45) is 23.5 Å². The fourth-order valence-corrected chi connectivity index (χ4v) is 4.45. The molecule has 15 heavy (non-hydrogen) atoms. The van der Waals surface area contributed by atoms with E-state index >= 15 is 0 Å². The lowest BCUT2D eigenvalue weighted by Gasteiger charge is -2.39. The lowest BCUT2D eigenvalue weighted by Crippen LogP contribution is -2.39. The summed E-state index contributed by atoms with van der Waals surface area (Å²) in [6.45, 7) is 3.51. The van der Waals surface area contributed by atoms with Crippen molar-refractivity contribution in [3.63, 3.8) is 0 Å². The first-order valence-corrected chi connectivity index (χ1v) is 6.79. The summed E-state index contributed by atoms with van der Waals surface area (Å²) in [5.41, 5.74) is 5.63. The van der Waals surface area contributed by atoms with Crippen molar-refractivity contribution in [2.75, 3.05) is 19.6 Å². The van der Waals surface area contributed by atoms with Crippen molar-refractivity contribution in [3.8, 4) is 0 Å². The van der Waals surface area contributed by atoms with Gasteiger partial charge in [0.2, 0.25) is 0 Å². The molecule has 2 N–H and O–H groups in total. The van der Waals surface area contributed by atoms with Gasteiger partial charge in [-0.05, 0) is 69.4 Å². The van der Waals surface area contributed by atoms with Crippen LogP contribution in [-0.2, 0) is 0 Å². The fourth-order valence-electron chi connectivity index (χ4n) is 4.45. The summed E-state index contributed by atoms with van der Waals surface area (Å²) in [5, 5.41) is 0. The molecule has 2 heterocycles. The Bertz CT molecular complexity index is 215. The van der Waals surface area contributed by atoms with Crippen LogP contribution < -0.4 is 5.73 Å². The second-order valence-electron chi connectivity index (χ2n) is 6.07. The van der Waals surface area contributed by atoms with Gasteiger partial charge in [0.1, 0.15) is 0 Å². The van der Waals surface area contributed by atoms with Gasteiger partial charge in [-0.15, -0.1) is 0 Å². The highest BCUT2D eigenvalue weighted by Gasteiger charge is 2.42. The maximum Gasteiger partial charge on any atom is 0.0101 e. The number of rotatable bonds is 3. The zero-order valence-corrected chi connectivity index (χ0v) is 9.70. The van der Waals surface area contributed by atoms with Gasteiger partial charge in [-0.3, -0.25) is 0 Å². The maximum atomic E-state index is 5.63. The summed E-state index contributed by atoms with van der Waals surface area (Å²) < 4.78 is 0. The third-order valence-corrected chi connectivity index (χ3v) is 4.87. The van der Waals surface area contributed by atoms with Crippen LogP contribution in [0, 0.1) is 17.8 Å². The largest absolute Gasteiger partial charge is 0.330 e. The Morgan fingerprint density at radius 2 is 1.60 bits per heavy atom. The Balaban J connectivity index is 1.71. The predicted octanol–water partition coefficient (Wildman–Crippen LogP) is 1.85. The lowest BCUT2D eigenvalue weighted by molar-refractivity contribution is 0.125. The molecule has 0 aromatic carbocycles. The molecule has 2 aliphatic carbocycles. The van der Waals surface area contributed by atoms with Crippen LogP contribution in [0.25, 0.3) is 0 Å². The molecule has 2 aliphatic heterocycles. The van der Waals surface area contributed by atoms with E-state index in [1.165, 1.54) is 45.2 Å². The molecule has 0 aromatic rings. The van der Waals surface area contributed by atoms with Gasteiger partial charge in [0.25, 0.3) is 0 Å². The van der Waals surface area contributed by atoms with Crippen LogP contribution in [-0.4, -0.2) is 30.6 Å². The summed E-state index contributed by atoms with van der Waals surface area (Å²) in [6, 6.07) is 0.924. The van der Waals surface area contributed by atoms with Crippen LogP contribution in [0.5, 0.6) is 0 Å².